The topological polar surface area (TPSA) is 81.7 Å². The highest BCUT2D eigenvalue weighted by Crippen LogP contribution is 2.21. The van der Waals surface area contributed by atoms with E-state index in [1.807, 2.05) is 12.1 Å². The van der Waals surface area contributed by atoms with Gasteiger partial charge in [-0.2, -0.15) is 10.5 Å². The van der Waals surface area contributed by atoms with Gasteiger partial charge >= 0.3 is 0 Å². The normalized spacial score (nSPS) is 12.9. The Balaban J connectivity index is 2.78. The Hall–Kier alpha value is -2.72. The van der Waals surface area contributed by atoms with Crippen LogP contribution in [0.4, 0.5) is 0 Å². The maximum atomic E-state index is 11.5. The summed E-state index contributed by atoms with van der Waals surface area (Å²) >= 11 is 0. The SMILES string of the molecule is N#Cc1cc2c(cc1C#N)C(=O)C=CC2=O. The molecular weight excluding hydrogens is 204 g/mol. The van der Waals surface area contributed by atoms with Crippen LogP contribution < -0.4 is 0 Å². The van der Waals surface area contributed by atoms with Crippen molar-refractivity contribution in [1.29, 1.82) is 10.5 Å². The summed E-state index contributed by atoms with van der Waals surface area (Å²) in [6.07, 6.45) is 2.33. The number of nitriles is 2. The fraction of sp³-hybridized carbons (Fsp3) is 0. The minimum Gasteiger partial charge on any atom is -0.289 e. The highest BCUT2D eigenvalue weighted by Gasteiger charge is 2.21. The van der Waals surface area contributed by atoms with Crippen molar-refractivity contribution in [3.8, 4) is 12.1 Å². The molecule has 0 unspecified atom stereocenters. The smallest absolute Gasteiger partial charge is 0.186 e. The van der Waals surface area contributed by atoms with Crippen molar-refractivity contribution >= 4 is 11.6 Å². The molecule has 0 aromatic heterocycles. The molecule has 0 fully saturated rings. The van der Waals surface area contributed by atoms with Gasteiger partial charge in [0.2, 0.25) is 0 Å². The first-order valence-electron chi connectivity index (χ1n) is 4.42. The first-order valence-corrected chi connectivity index (χ1v) is 4.42. The second-order valence-electron chi connectivity index (χ2n) is 3.23. The summed E-state index contributed by atoms with van der Waals surface area (Å²) in [6, 6.07) is 6.22. The Morgan fingerprint density at radius 3 is 1.50 bits per heavy atom. The van der Waals surface area contributed by atoms with E-state index in [9.17, 15) is 9.59 Å². The van der Waals surface area contributed by atoms with E-state index in [-0.39, 0.29) is 33.8 Å². The molecule has 0 radical (unpaired) electrons. The van der Waals surface area contributed by atoms with Crippen molar-refractivity contribution in [2.24, 2.45) is 0 Å². The molecule has 0 aliphatic heterocycles. The molecule has 0 saturated heterocycles. The third-order valence-corrected chi connectivity index (χ3v) is 2.32. The van der Waals surface area contributed by atoms with Crippen LogP contribution in [0.1, 0.15) is 31.8 Å². The van der Waals surface area contributed by atoms with Crippen LogP contribution in [-0.4, -0.2) is 11.6 Å². The van der Waals surface area contributed by atoms with Gasteiger partial charge in [-0.25, -0.2) is 0 Å². The third kappa shape index (κ3) is 1.30. The van der Waals surface area contributed by atoms with Gasteiger partial charge in [-0.1, -0.05) is 0 Å². The molecule has 0 saturated carbocycles. The standard InChI is InChI=1S/C12H4N2O2/c13-5-7-3-9-10(4-8(7)6-14)12(16)2-1-11(9)15/h1-4H. The number of carbonyl (C=O) groups is 2. The van der Waals surface area contributed by atoms with Crippen LogP contribution in [0.5, 0.6) is 0 Å². The lowest BCUT2D eigenvalue weighted by molar-refractivity contribution is 0.0994. The molecule has 1 aliphatic carbocycles. The van der Waals surface area contributed by atoms with Crippen LogP contribution in [0.3, 0.4) is 0 Å². The lowest BCUT2D eigenvalue weighted by atomic mass is 9.91. The molecule has 1 aliphatic rings. The molecule has 16 heavy (non-hydrogen) atoms. The van der Waals surface area contributed by atoms with E-state index >= 15 is 0 Å². The Labute approximate surface area is 91.0 Å². The number of hydrogen-bond acceptors (Lipinski definition) is 4. The summed E-state index contributed by atoms with van der Waals surface area (Å²) in [5.41, 5.74) is 0.585. The van der Waals surface area contributed by atoms with Gasteiger partial charge in [-0.3, -0.25) is 9.59 Å². The van der Waals surface area contributed by atoms with Crippen molar-refractivity contribution < 1.29 is 9.59 Å². The van der Waals surface area contributed by atoms with E-state index in [1.54, 1.807) is 0 Å². The number of fused-ring (bicyclic) bond motifs is 1. The second kappa shape index (κ2) is 3.45. The van der Waals surface area contributed by atoms with E-state index in [4.69, 9.17) is 10.5 Å². The van der Waals surface area contributed by atoms with Crippen molar-refractivity contribution in [1.82, 2.24) is 0 Å². The number of carbonyl (C=O) groups excluding carboxylic acids is 2. The predicted molar refractivity (Wildman–Crippen MR) is 53.7 cm³/mol. The highest BCUT2D eigenvalue weighted by molar-refractivity contribution is 6.22. The van der Waals surface area contributed by atoms with Crippen molar-refractivity contribution in [2.75, 3.05) is 0 Å². The van der Waals surface area contributed by atoms with Gasteiger partial charge in [0.05, 0.1) is 11.1 Å². The van der Waals surface area contributed by atoms with Gasteiger partial charge in [0.1, 0.15) is 12.1 Å². The summed E-state index contributed by atoms with van der Waals surface area (Å²) < 4.78 is 0. The summed E-state index contributed by atoms with van der Waals surface area (Å²) in [6.45, 7) is 0. The number of nitrogens with zero attached hydrogens (tertiary/aromatic N) is 2. The molecule has 4 nitrogen and oxygen atoms in total. The average molecular weight is 208 g/mol. The summed E-state index contributed by atoms with van der Waals surface area (Å²) in [5.74, 6) is -0.647. The Kier molecular flexibility index (Phi) is 2.12. The van der Waals surface area contributed by atoms with Gasteiger partial charge in [-0.05, 0) is 24.3 Å². The van der Waals surface area contributed by atoms with Crippen LogP contribution in [0.25, 0.3) is 0 Å². The predicted octanol–water partition coefficient (Wildman–Crippen LogP) is 1.37. The molecule has 0 bridgehead atoms. The number of allylic oxidation sites excluding steroid dienone is 2. The molecule has 0 heterocycles. The minimum absolute atomic E-state index is 0.109. The highest BCUT2D eigenvalue weighted by atomic mass is 16.1. The summed E-state index contributed by atoms with van der Waals surface area (Å²) in [5, 5.41) is 17.6. The van der Waals surface area contributed by atoms with Crippen LogP contribution >= 0.6 is 0 Å². The van der Waals surface area contributed by atoms with Gasteiger partial charge in [0, 0.05) is 11.1 Å². The first kappa shape index (κ1) is 9.82. The Morgan fingerprint density at radius 2 is 1.19 bits per heavy atom. The van der Waals surface area contributed by atoms with Gasteiger partial charge in [0.15, 0.2) is 11.6 Å². The molecule has 2 rings (SSSR count). The lowest BCUT2D eigenvalue weighted by Crippen LogP contribution is -2.12. The van der Waals surface area contributed by atoms with Gasteiger partial charge < -0.3 is 0 Å². The molecule has 1 aromatic rings. The van der Waals surface area contributed by atoms with Crippen molar-refractivity contribution in [2.45, 2.75) is 0 Å². The fourth-order valence-electron chi connectivity index (χ4n) is 1.52. The van der Waals surface area contributed by atoms with E-state index in [2.05, 4.69) is 0 Å². The molecule has 1 aromatic carbocycles. The molecular formula is C12H4N2O2. The monoisotopic (exact) mass is 208 g/mol. The zero-order chi connectivity index (χ0) is 11.7. The molecule has 0 atom stereocenters. The molecule has 0 spiro atoms. The van der Waals surface area contributed by atoms with E-state index in [0.29, 0.717) is 0 Å². The largest absolute Gasteiger partial charge is 0.289 e. The van der Waals surface area contributed by atoms with Crippen LogP contribution in [0.2, 0.25) is 0 Å². The number of hydrogen-bond donors (Lipinski definition) is 0. The average Bonchev–Trinajstić information content (AvgIpc) is 2.32. The van der Waals surface area contributed by atoms with E-state index in [1.165, 1.54) is 12.1 Å². The van der Waals surface area contributed by atoms with Crippen molar-refractivity contribution in [3.63, 3.8) is 0 Å². The summed E-state index contributed by atoms with van der Waals surface area (Å²) in [7, 11) is 0. The maximum Gasteiger partial charge on any atom is 0.186 e. The van der Waals surface area contributed by atoms with Crippen LogP contribution in [0, 0.1) is 22.7 Å². The van der Waals surface area contributed by atoms with Gasteiger partial charge in [0.25, 0.3) is 0 Å². The first-order chi connectivity index (χ1) is 7.67. The van der Waals surface area contributed by atoms with E-state index in [0.717, 1.165) is 12.2 Å². The molecule has 0 amide bonds. The van der Waals surface area contributed by atoms with Crippen LogP contribution in [-0.2, 0) is 0 Å². The summed E-state index contributed by atoms with van der Waals surface area (Å²) in [4.78, 5) is 22.9. The molecule has 0 N–H and O–H groups in total. The van der Waals surface area contributed by atoms with Crippen LogP contribution in [0.15, 0.2) is 24.3 Å². The third-order valence-electron chi connectivity index (χ3n) is 2.32. The number of benzene rings is 1. The van der Waals surface area contributed by atoms with Gasteiger partial charge in [-0.15, -0.1) is 0 Å². The van der Waals surface area contributed by atoms with Crippen molar-refractivity contribution in [3.05, 3.63) is 46.5 Å². The quantitative estimate of drug-likeness (QED) is 0.644. The minimum atomic E-state index is -0.324. The zero-order valence-electron chi connectivity index (χ0n) is 8.02. The Bertz CT molecular complexity index is 573. The maximum absolute atomic E-state index is 11.5. The lowest BCUT2D eigenvalue weighted by Gasteiger charge is -2.09. The second-order valence-corrected chi connectivity index (χ2v) is 3.23. The molecule has 4 heteroatoms. The van der Waals surface area contributed by atoms with E-state index < -0.39 is 0 Å². The molecule has 74 valence electrons. The number of rotatable bonds is 0. The zero-order valence-corrected chi connectivity index (χ0v) is 8.02. The fourth-order valence-corrected chi connectivity index (χ4v) is 1.52. The number of ketones is 2. The Morgan fingerprint density at radius 1 is 0.812 bits per heavy atom.